The summed E-state index contributed by atoms with van der Waals surface area (Å²) in [6, 6.07) is 18.1. The third kappa shape index (κ3) is 3.91. The summed E-state index contributed by atoms with van der Waals surface area (Å²) in [6.07, 6.45) is 1.63. The normalized spacial score (nSPS) is 10.7. The van der Waals surface area contributed by atoms with Gasteiger partial charge in [0.05, 0.1) is 0 Å². The monoisotopic (exact) mass is 392 g/mol. The number of aromatic nitrogens is 2. The molecule has 2 amide bonds. The number of fused-ring (bicyclic) bond motifs is 1. The van der Waals surface area contributed by atoms with E-state index in [0.29, 0.717) is 22.2 Å². The maximum atomic E-state index is 12.5. The number of benzene rings is 2. The SMILES string of the molecule is O=C(NNC(=O)c1ccccc1CSc1nc2ccccc2o1)c1ccc[nH]1. The predicted octanol–water partition coefficient (Wildman–Crippen LogP) is 3.52. The van der Waals surface area contributed by atoms with Gasteiger partial charge in [-0.05, 0) is 35.9 Å². The van der Waals surface area contributed by atoms with Gasteiger partial charge in [0.15, 0.2) is 5.58 Å². The number of carbonyl (C=O) groups is 2. The molecule has 3 N–H and O–H groups in total. The summed E-state index contributed by atoms with van der Waals surface area (Å²) < 4.78 is 5.70. The number of aromatic amines is 1. The van der Waals surface area contributed by atoms with E-state index in [1.165, 1.54) is 11.8 Å². The van der Waals surface area contributed by atoms with Crippen molar-refractivity contribution in [2.24, 2.45) is 0 Å². The van der Waals surface area contributed by atoms with Crippen LogP contribution >= 0.6 is 11.8 Å². The van der Waals surface area contributed by atoms with Crippen molar-refractivity contribution in [2.75, 3.05) is 0 Å². The first-order chi connectivity index (χ1) is 13.7. The van der Waals surface area contributed by atoms with E-state index in [4.69, 9.17) is 4.42 Å². The lowest BCUT2D eigenvalue weighted by atomic mass is 10.1. The van der Waals surface area contributed by atoms with E-state index in [9.17, 15) is 9.59 Å². The first-order valence-electron chi connectivity index (χ1n) is 8.51. The molecule has 2 aromatic carbocycles. The second kappa shape index (κ2) is 8.01. The zero-order chi connectivity index (χ0) is 19.3. The maximum absolute atomic E-state index is 12.5. The summed E-state index contributed by atoms with van der Waals surface area (Å²) in [5.74, 6) is -0.314. The van der Waals surface area contributed by atoms with Gasteiger partial charge in [0, 0.05) is 17.5 Å². The predicted molar refractivity (Wildman–Crippen MR) is 106 cm³/mol. The van der Waals surface area contributed by atoms with Gasteiger partial charge in [-0.25, -0.2) is 4.98 Å². The number of H-pyrrole nitrogens is 1. The zero-order valence-electron chi connectivity index (χ0n) is 14.6. The van der Waals surface area contributed by atoms with Crippen LogP contribution in [0.3, 0.4) is 0 Å². The Morgan fingerprint density at radius 2 is 1.75 bits per heavy atom. The Labute approximate surface area is 164 Å². The van der Waals surface area contributed by atoms with Crippen LogP contribution in [0.5, 0.6) is 0 Å². The molecule has 0 aliphatic rings. The largest absolute Gasteiger partial charge is 0.431 e. The number of carbonyl (C=O) groups excluding carboxylic acids is 2. The Morgan fingerprint density at radius 1 is 0.964 bits per heavy atom. The third-order valence-corrected chi connectivity index (χ3v) is 4.90. The van der Waals surface area contributed by atoms with Crippen molar-refractivity contribution in [1.82, 2.24) is 20.8 Å². The Hall–Kier alpha value is -3.52. The van der Waals surface area contributed by atoms with Crippen LogP contribution in [0.2, 0.25) is 0 Å². The first kappa shape index (κ1) is 17.9. The second-order valence-corrected chi connectivity index (χ2v) is 6.81. The summed E-state index contributed by atoms with van der Waals surface area (Å²) in [6.45, 7) is 0. The minimum absolute atomic E-state index is 0.361. The molecule has 2 heterocycles. The Balaban J connectivity index is 1.42. The molecular weight excluding hydrogens is 376 g/mol. The average Bonchev–Trinajstić information content (AvgIpc) is 3.40. The van der Waals surface area contributed by atoms with E-state index in [2.05, 4.69) is 20.8 Å². The van der Waals surface area contributed by atoms with Crippen molar-refractivity contribution in [1.29, 1.82) is 0 Å². The number of rotatable bonds is 5. The molecule has 0 spiro atoms. The molecule has 0 bridgehead atoms. The van der Waals surface area contributed by atoms with E-state index < -0.39 is 11.8 Å². The van der Waals surface area contributed by atoms with Gasteiger partial charge in [-0.3, -0.25) is 20.4 Å². The molecule has 0 aliphatic heterocycles. The van der Waals surface area contributed by atoms with Gasteiger partial charge in [-0.1, -0.05) is 42.1 Å². The fourth-order valence-electron chi connectivity index (χ4n) is 2.64. The number of hydrogen-bond donors (Lipinski definition) is 3. The molecule has 140 valence electrons. The molecule has 0 fully saturated rings. The Kier molecular flexibility index (Phi) is 5.11. The molecule has 2 aromatic heterocycles. The van der Waals surface area contributed by atoms with E-state index in [-0.39, 0.29) is 0 Å². The quantitative estimate of drug-likeness (QED) is 0.356. The number of hydrazine groups is 1. The molecule has 4 aromatic rings. The summed E-state index contributed by atoms with van der Waals surface area (Å²) in [4.78, 5) is 31.7. The summed E-state index contributed by atoms with van der Waals surface area (Å²) >= 11 is 1.40. The van der Waals surface area contributed by atoms with Crippen molar-refractivity contribution in [3.63, 3.8) is 0 Å². The molecule has 0 aliphatic carbocycles. The highest BCUT2D eigenvalue weighted by Gasteiger charge is 2.14. The Bertz CT molecular complexity index is 1090. The van der Waals surface area contributed by atoms with E-state index in [1.807, 2.05) is 36.4 Å². The highest BCUT2D eigenvalue weighted by Crippen LogP contribution is 2.27. The first-order valence-corrected chi connectivity index (χ1v) is 9.49. The lowest BCUT2D eigenvalue weighted by Crippen LogP contribution is -2.42. The summed E-state index contributed by atoms with van der Waals surface area (Å²) in [5, 5.41) is 0.538. The van der Waals surface area contributed by atoms with Gasteiger partial charge < -0.3 is 9.40 Å². The molecule has 0 unspecified atom stereocenters. The minimum Gasteiger partial charge on any atom is -0.431 e. The fourth-order valence-corrected chi connectivity index (χ4v) is 3.48. The van der Waals surface area contributed by atoms with Gasteiger partial charge in [-0.15, -0.1) is 0 Å². The van der Waals surface area contributed by atoms with Crippen molar-refractivity contribution < 1.29 is 14.0 Å². The average molecular weight is 392 g/mol. The van der Waals surface area contributed by atoms with Gasteiger partial charge in [0.1, 0.15) is 11.2 Å². The van der Waals surface area contributed by atoms with Gasteiger partial charge >= 0.3 is 0 Å². The van der Waals surface area contributed by atoms with Crippen LogP contribution in [0.4, 0.5) is 0 Å². The zero-order valence-corrected chi connectivity index (χ0v) is 15.5. The molecule has 8 heteroatoms. The van der Waals surface area contributed by atoms with Crippen LogP contribution < -0.4 is 10.9 Å². The fraction of sp³-hybridized carbons (Fsp3) is 0.0500. The number of para-hydroxylation sites is 2. The summed E-state index contributed by atoms with van der Waals surface area (Å²) in [7, 11) is 0. The van der Waals surface area contributed by atoms with Crippen LogP contribution in [-0.4, -0.2) is 21.8 Å². The highest BCUT2D eigenvalue weighted by atomic mass is 32.2. The van der Waals surface area contributed by atoms with E-state index in [0.717, 1.165) is 16.7 Å². The molecular formula is C20H16N4O3S. The molecule has 0 saturated carbocycles. The number of nitrogens with one attached hydrogen (secondary N) is 3. The second-order valence-electron chi connectivity index (χ2n) is 5.89. The highest BCUT2D eigenvalue weighted by molar-refractivity contribution is 7.98. The van der Waals surface area contributed by atoms with Crippen LogP contribution in [0.15, 0.2) is 76.5 Å². The lowest BCUT2D eigenvalue weighted by molar-refractivity contribution is 0.0844. The number of oxazole rings is 1. The standard InChI is InChI=1S/C20H16N4O3S/c25-18(23-24-19(26)16-9-5-11-21-16)14-7-2-1-6-13(14)12-28-20-22-15-8-3-4-10-17(15)27-20/h1-11,21H,12H2,(H,23,25)(H,24,26). The minimum atomic E-state index is -0.420. The molecule has 7 nitrogen and oxygen atoms in total. The number of hydrogen-bond acceptors (Lipinski definition) is 5. The van der Waals surface area contributed by atoms with Crippen LogP contribution in [0, 0.1) is 0 Å². The van der Waals surface area contributed by atoms with E-state index in [1.54, 1.807) is 30.5 Å². The van der Waals surface area contributed by atoms with Gasteiger partial charge in [0.25, 0.3) is 17.0 Å². The van der Waals surface area contributed by atoms with Crippen molar-refractivity contribution in [2.45, 2.75) is 11.0 Å². The van der Waals surface area contributed by atoms with Crippen LogP contribution in [0.25, 0.3) is 11.1 Å². The number of amides is 2. The smallest absolute Gasteiger partial charge is 0.286 e. The molecule has 0 atom stereocenters. The topological polar surface area (TPSA) is 100 Å². The molecule has 28 heavy (non-hydrogen) atoms. The molecule has 4 rings (SSSR count). The van der Waals surface area contributed by atoms with Gasteiger partial charge in [0.2, 0.25) is 0 Å². The molecule has 0 radical (unpaired) electrons. The lowest BCUT2D eigenvalue weighted by Gasteiger charge is -2.10. The van der Waals surface area contributed by atoms with Crippen LogP contribution in [-0.2, 0) is 5.75 Å². The van der Waals surface area contributed by atoms with Crippen molar-refractivity contribution in [3.05, 3.63) is 83.7 Å². The molecule has 0 saturated heterocycles. The Morgan fingerprint density at radius 3 is 2.57 bits per heavy atom. The van der Waals surface area contributed by atoms with Gasteiger partial charge in [-0.2, -0.15) is 0 Å². The maximum Gasteiger partial charge on any atom is 0.286 e. The number of nitrogens with zero attached hydrogens (tertiary/aromatic N) is 1. The van der Waals surface area contributed by atoms with Crippen molar-refractivity contribution in [3.8, 4) is 0 Å². The summed E-state index contributed by atoms with van der Waals surface area (Å²) in [5.41, 5.74) is 7.99. The third-order valence-electron chi connectivity index (χ3n) is 4.02. The van der Waals surface area contributed by atoms with E-state index >= 15 is 0 Å². The number of thioether (sulfide) groups is 1. The van der Waals surface area contributed by atoms with Crippen molar-refractivity contribution >= 4 is 34.7 Å². The van der Waals surface area contributed by atoms with Crippen LogP contribution in [0.1, 0.15) is 26.4 Å².